The quantitative estimate of drug-likeness (QED) is 0.684. The van der Waals surface area contributed by atoms with Crippen molar-refractivity contribution in [1.29, 1.82) is 5.26 Å². The highest BCUT2D eigenvalue weighted by Crippen LogP contribution is 2.35. The van der Waals surface area contributed by atoms with Crippen LogP contribution in [0.2, 0.25) is 0 Å². The molecule has 108 valence electrons. The van der Waals surface area contributed by atoms with Crippen molar-refractivity contribution in [2.75, 3.05) is 0 Å². The fourth-order valence-corrected chi connectivity index (χ4v) is 2.90. The SMILES string of the molecule is N#CC(CCn1cccc1)(c1ccccc1)c1ccccc1. The molecule has 2 aromatic carbocycles. The summed E-state index contributed by atoms with van der Waals surface area (Å²) in [5.74, 6) is 0. The molecule has 0 saturated heterocycles. The maximum Gasteiger partial charge on any atom is 0.109 e. The lowest BCUT2D eigenvalue weighted by atomic mass is 9.73. The van der Waals surface area contributed by atoms with Gasteiger partial charge in [0.05, 0.1) is 6.07 Å². The van der Waals surface area contributed by atoms with Crippen LogP contribution in [0.25, 0.3) is 0 Å². The molecule has 0 radical (unpaired) electrons. The molecule has 0 atom stereocenters. The molecular formula is C20H18N2. The summed E-state index contributed by atoms with van der Waals surface area (Å²) in [5, 5.41) is 10.1. The lowest BCUT2D eigenvalue weighted by Crippen LogP contribution is -2.27. The van der Waals surface area contributed by atoms with Crippen molar-refractivity contribution in [3.8, 4) is 6.07 Å². The van der Waals surface area contributed by atoms with E-state index in [0.29, 0.717) is 0 Å². The first-order valence-corrected chi connectivity index (χ1v) is 7.48. The fourth-order valence-electron chi connectivity index (χ4n) is 2.90. The Bertz CT molecular complexity index is 698. The zero-order valence-corrected chi connectivity index (χ0v) is 12.4. The maximum atomic E-state index is 10.1. The summed E-state index contributed by atoms with van der Waals surface area (Å²) in [6.07, 6.45) is 4.82. The zero-order valence-electron chi connectivity index (χ0n) is 12.4. The molecule has 2 heteroatoms. The van der Waals surface area contributed by atoms with Crippen molar-refractivity contribution in [1.82, 2.24) is 4.57 Å². The van der Waals surface area contributed by atoms with Gasteiger partial charge in [-0.3, -0.25) is 0 Å². The fraction of sp³-hybridized carbons (Fsp3) is 0.150. The molecule has 22 heavy (non-hydrogen) atoms. The van der Waals surface area contributed by atoms with E-state index in [1.165, 1.54) is 0 Å². The number of hydrogen-bond acceptors (Lipinski definition) is 1. The van der Waals surface area contributed by atoms with Gasteiger partial charge in [0.1, 0.15) is 5.41 Å². The number of aromatic nitrogens is 1. The van der Waals surface area contributed by atoms with Gasteiger partial charge in [-0.2, -0.15) is 5.26 Å². The van der Waals surface area contributed by atoms with E-state index < -0.39 is 5.41 Å². The monoisotopic (exact) mass is 286 g/mol. The average Bonchev–Trinajstić information content (AvgIpc) is 3.11. The van der Waals surface area contributed by atoms with Gasteiger partial charge < -0.3 is 4.57 Å². The van der Waals surface area contributed by atoms with E-state index >= 15 is 0 Å². The highest BCUT2D eigenvalue weighted by atomic mass is 14.9. The third-order valence-electron chi connectivity index (χ3n) is 4.14. The van der Waals surface area contributed by atoms with E-state index in [9.17, 15) is 5.26 Å². The first-order chi connectivity index (χ1) is 10.8. The summed E-state index contributed by atoms with van der Waals surface area (Å²) >= 11 is 0. The van der Waals surface area contributed by atoms with Gasteiger partial charge in [-0.1, -0.05) is 60.7 Å². The number of aryl methyl sites for hydroxylation is 1. The van der Waals surface area contributed by atoms with Gasteiger partial charge in [-0.05, 0) is 29.7 Å². The van der Waals surface area contributed by atoms with E-state index in [4.69, 9.17) is 0 Å². The van der Waals surface area contributed by atoms with Crippen molar-refractivity contribution < 1.29 is 0 Å². The number of hydrogen-bond donors (Lipinski definition) is 0. The van der Waals surface area contributed by atoms with E-state index in [1.807, 2.05) is 85.2 Å². The van der Waals surface area contributed by atoms with Crippen molar-refractivity contribution in [2.24, 2.45) is 0 Å². The molecule has 2 nitrogen and oxygen atoms in total. The molecule has 0 aliphatic rings. The summed E-state index contributed by atoms with van der Waals surface area (Å²) in [6.45, 7) is 0.810. The normalized spacial score (nSPS) is 11.0. The summed E-state index contributed by atoms with van der Waals surface area (Å²) < 4.78 is 2.12. The molecule has 0 aliphatic carbocycles. The second kappa shape index (κ2) is 6.32. The van der Waals surface area contributed by atoms with Gasteiger partial charge in [0.15, 0.2) is 0 Å². The topological polar surface area (TPSA) is 28.7 Å². The highest BCUT2D eigenvalue weighted by molar-refractivity contribution is 5.45. The predicted octanol–water partition coefficient (Wildman–Crippen LogP) is 4.39. The Morgan fingerprint density at radius 1 is 0.773 bits per heavy atom. The molecule has 3 rings (SSSR count). The zero-order chi connectivity index (χ0) is 15.3. The minimum atomic E-state index is -0.618. The minimum absolute atomic E-state index is 0.618. The van der Waals surface area contributed by atoms with Crippen molar-refractivity contribution >= 4 is 0 Å². The lowest BCUT2D eigenvalue weighted by molar-refractivity contribution is 0.522. The van der Waals surface area contributed by atoms with Crippen LogP contribution < -0.4 is 0 Å². The number of rotatable bonds is 5. The lowest BCUT2D eigenvalue weighted by Gasteiger charge is -2.28. The van der Waals surface area contributed by atoms with Gasteiger partial charge in [0.2, 0.25) is 0 Å². The molecule has 0 unspecified atom stereocenters. The molecule has 0 spiro atoms. The molecule has 0 saturated carbocycles. The molecule has 3 aromatic rings. The second-order valence-electron chi connectivity index (χ2n) is 5.42. The summed E-state index contributed by atoms with van der Waals surface area (Å²) in [5.41, 5.74) is 1.49. The van der Waals surface area contributed by atoms with E-state index in [2.05, 4.69) is 10.6 Å². The largest absolute Gasteiger partial charge is 0.354 e. The summed E-state index contributed by atoms with van der Waals surface area (Å²) in [6, 6.07) is 26.8. The van der Waals surface area contributed by atoms with Crippen LogP contribution in [-0.4, -0.2) is 4.57 Å². The molecule has 0 aliphatic heterocycles. The Morgan fingerprint density at radius 3 is 1.73 bits per heavy atom. The number of benzene rings is 2. The second-order valence-corrected chi connectivity index (χ2v) is 5.42. The van der Waals surface area contributed by atoms with Crippen LogP contribution in [0.1, 0.15) is 17.5 Å². The van der Waals surface area contributed by atoms with Gasteiger partial charge >= 0.3 is 0 Å². The van der Waals surface area contributed by atoms with Crippen LogP contribution in [0.15, 0.2) is 85.2 Å². The van der Waals surface area contributed by atoms with Gasteiger partial charge in [-0.25, -0.2) is 0 Å². The third-order valence-corrected chi connectivity index (χ3v) is 4.14. The van der Waals surface area contributed by atoms with E-state index in [-0.39, 0.29) is 0 Å². The van der Waals surface area contributed by atoms with Crippen LogP contribution in [0.4, 0.5) is 0 Å². The Morgan fingerprint density at radius 2 is 1.27 bits per heavy atom. The van der Waals surface area contributed by atoms with Crippen molar-refractivity contribution in [3.63, 3.8) is 0 Å². The minimum Gasteiger partial charge on any atom is -0.354 e. The molecule has 0 N–H and O–H groups in total. The maximum absolute atomic E-state index is 10.1. The first kappa shape index (κ1) is 14.2. The van der Waals surface area contributed by atoms with E-state index in [0.717, 1.165) is 24.1 Å². The van der Waals surface area contributed by atoms with Crippen LogP contribution >= 0.6 is 0 Å². The van der Waals surface area contributed by atoms with Crippen molar-refractivity contribution in [3.05, 3.63) is 96.3 Å². The van der Waals surface area contributed by atoms with Crippen molar-refractivity contribution in [2.45, 2.75) is 18.4 Å². The predicted molar refractivity (Wildman–Crippen MR) is 88.3 cm³/mol. The molecule has 0 amide bonds. The van der Waals surface area contributed by atoms with Crippen LogP contribution in [-0.2, 0) is 12.0 Å². The van der Waals surface area contributed by atoms with Gasteiger partial charge in [-0.15, -0.1) is 0 Å². The number of nitriles is 1. The van der Waals surface area contributed by atoms with Crippen LogP contribution in [0, 0.1) is 11.3 Å². The Labute approximate surface area is 131 Å². The third kappa shape index (κ3) is 2.66. The summed E-state index contributed by atoms with van der Waals surface area (Å²) in [7, 11) is 0. The molecule has 0 fully saturated rings. The van der Waals surface area contributed by atoms with E-state index in [1.54, 1.807) is 0 Å². The Hall–Kier alpha value is -2.79. The molecule has 1 aromatic heterocycles. The molecule has 1 heterocycles. The molecular weight excluding hydrogens is 268 g/mol. The van der Waals surface area contributed by atoms with Crippen LogP contribution in [0.3, 0.4) is 0 Å². The average molecular weight is 286 g/mol. The summed E-state index contributed by atoms with van der Waals surface area (Å²) in [4.78, 5) is 0. The van der Waals surface area contributed by atoms with Gasteiger partial charge in [0, 0.05) is 18.9 Å². The molecule has 0 bridgehead atoms. The Kier molecular flexibility index (Phi) is 4.07. The standard InChI is InChI=1S/C20H18N2/c21-17-20(18-9-3-1-4-10-18,19-11-5-2-6-12-19)13-16-22-14-7-8-15-22/h1-12,14-15H,13,16H2. The van der Waals surface area contributed by atoms with Gasteiger partial charge in [0.25, 0.3) is 0 Å². The highest BCUT2D eigenvalue weighted by Gasteiger charge is 2.34. The number of nitrogens with zero attached hydrogens (tertiary/aromatic N) is 2. The first-order valence-electron chi connectivity index (χ1n) is 7.48. The Balaban J connectivity index is 2.03. The van der Waals surface area contributed by atoms with Crippen LogP contribution in [0.5, 0.6) is 0 Å². The smallest absolute Gasteiger partial charge is 0.109 e.